The first-order valence-electron chi connectivity index (χ1n) is 9.78. The fraction of sp³-hybridized carbons (Fsp3) is 0.0417. The van der Waals surface area contributed by atoms with Crippen molar-refractivity contribution in [3.05, 3.63) is 89.0 Å². The smallest absolute Gasteiger partial charge is 0.339 e. The second-order valence-corrected chi connectivity index (χ2v) is 8.89. The number of para-hydroxylation sites is 1. The molecule has 0 unspecified atom stereocenters. The second kappa shape index (κ2) is 10.7. The quantitative estimate of drug-likeness (QED) is 0.280. The number of nitrogens with zero attached hydrogens (tertiary/aromatic N) is 1. The van der Waals surface area contributed by atoms with Gasteiger partial charge in [-0.2, -0.15) is 13.7 Å². The predicted octanol–water partition coefficient (Wildman–Crippen LogP) is 4.61. The second-order valence-electron chi connectivity index (χ2n) is 6.91. The van der Waals surface area contributed by atoms with Gasteiger partial charge in [-0.3, -0.25) is 9.59 Å². The van der Waals surface area contributed by atoms with E-state index in [-0.39, 0.29) is 27.7 Å². The summed E-state index contributed by atoms with van der Waals surface area (Å²) in [6.07, 6.45) is 1.23. The van der Waals surface area contributed by atoms with Gasteiger partial charge in [0.15, 0.2) is 0 Å². The normalized spacial score (nSPS) is 11.3. The van der Waals surface area contributed by atoms with Gasteiger partial charge in [0.25, 0.3) is 5.91 Å². The Balaban J connectivity index is 1.84. The lowest BCUT2D eigenvalue weighted by Gasteiger charge is -2.11. The first-order valence-corrected chi connectivity index (χ1v) is 11.6. The summed E-state index contributed by atoms with van der Waals surface area (Å²) < 4.78 is 30.8. The highest BCUT2D eigenvalue weighted by Crippen LogP contribution is 2.26. The molecule has 0 heterocycles. The van der Waals surface area contributed by atoms with Crippen molar-refractivity contribution in [1.29, 1.82) is 5.26 Å². The Morgan fingerprint density at radius 3 is 2.15 bits per heavy atom. The van der Waals surface area contributed by atoms with Gasteiger partial charge < -0.3 is 14.8 Å². The van der Waals surface area contributed by atoms with Crippen LogP contribution >= 0.6 is 11.6 Å². The Morgan fingerprint density at radius 1 is 0.941 bits per heavy atom. The first kappa shape index (κ1) is 24.5. The Hall–Kier alpha value is -4.13. The summed E-state index contributed by atoms with van der Waals surface area (Å²) in [5.41, 5.74) is 0.817. The van der Waals surface area contributed by atoms with Gasteiger partial charge >= 0.3 is 10.1 Å². The van der Waals surface area contributed by atoms with E-state index in [2.05, 4.69) is 10.6 Å². The molecule has 3 rings (SSSR count). The minimum atomic E-state index is -4.23. The fourth-order valence-electron chi connectivity index (χ4n) is 2.79. The van der Waals surface area contributed by atoms with Crippen molar-refractivity contribution in [2.75, 3.05) is 10.6 Å². The Bertz CT molecular complexity index is 1390. The minimum Gasteiger partial charge on any atom is -0.378 e. The van der Waals surface area contributed by atoms with Crippen molar-refractivity contribution >= 4 is 51.0 Å². The maximum atomic E-state index is 12.8. The first-order chi connectivity index (χ1) is 16.2. The molecular weight excluding hydrogens is 478 g/mol. The van der Waals surface area contributed by atoms with Gasteiger partial charge in [-0.15, -0.1) is 0 Å². The van der Waals surface area contributed by atoms with Crippen LogP contribution < -0.4 is 14.8 Å². The van der Waals surface area contributed by atoms with Gasteiger partial charge in [0, 0.05) is 28.9 Å². The van der Waals surface area contributed by atoms with Crippen molar-refractivity contribution < 1.29 is 22.2 Å². The topological polar surface area (TPSA) is 125 Å². The minimum absolute atomic E-state index is 0.0690. The molecule has 8 nitrogen and oxygen atoms in total. The van der Waals surface area contributed by atoms with Crippen molar-refractivity contribution in [1.82, 2.24) is 0 Å². The maximum Gasteiger partial charge on any atom is 0.339 e. The standard InChI is InChI=1S/C24H18ClN3O5S/c1-16(29)27-20-10-12-22(13-11-20)34(31,32)33-23-5-3-2-4-17(23)14-18(15-26)24(30)28-21-8-6-19(25)7-9-21/h2-14H,1H3,(H,27,29)(H,28,30)/b18-14+. The third-order valence-electron chi connectivity index (χ3n) is 4.35. The van der Waals surface area contributed by atoms with E-state index in [9.17, 15) is 23.3 Å². The number of carbonyl (C=O) groups excluding carboxylic acids is 2. The van der Waals surface area contributed by atoms with E-state index in [4.69, 9.17) is 15.8 Å². The summed E-state index contributed by atoms with van der Waals surface area (Å²) >= 11 is 5.83. The van der Waals surface area contributed by atoms with Crippen molar-refractivity contribution in [2.24, 2.45) is 0 Å². The number of hydrogen-bond donors (Lipinski definition) is 2. The number of amides is 2. The van der Waals surface area contributed by atoms with Crippen LogP contribution in [-0.4, -0.2) is 20.2 Å². The predicted molar refractivity (Wildman–Crippen MR) is 129 cm³/mol. The lowest BCUT2D eigenvalue weighted by atomic mass is 10.1. The summed E-state index contributed by atoms with van der Waals surface area (Å²) in [6, 6.07) is 19.7. The van der Waals surface area contributed by atoms with Crippen LogP contribution in [0.2, 0.25) is 5.02 Å². The molecule has 0 atom stereocenters. The average Bonchev–Trinajstić information content (AvgIpc) is 2.79. The number of nitriles is 1. The summed E-state index contributed by atoms with van der Waals surface area (Å²) in [7, 11) is -4.23. The summed E-state index contributed by atoms with van der Waals surface area (Å²) in [5.74, 6) is -1.04. The third-order valence-corrected chi connectivity index (χ3v) is 5.85. The number of anilines is 2. The SMILES string of the molecule is CC(=O)Nc1ccc(S(=O)(=O)Oc2ccccc2/C=C(\C#N)C(=O)Nc2ccc(Cl)cc2)cc1. The molecule has 10 heteroatoms. The maximum absolute atomic E-state index is 12.8. The zero-order valence-corrected chi connectivity index (χ0v) is 19.4. The van der Waals surface area contributed by atoms with E-state index in [0.717, 1.165) is 0 Å². The van der Waals surface area contributed by atoms with E-state index in [0.29, 0.717) is 16.4 Å². The number of halogens is 1. The number of nitrogens with one attached hydrogen (secondary N) is 2. The van der Waals surface area contributed by atoms with Crippen LogP contribution in [0.4, 0.5) is 11.4 Å². The highest BCUT2D eigenvalue weighted by molar-refractivity contribution is 7.87. The Labute approximate surface area is 201 Å². The summed E-state index contributed by atoms with van der Waals surface area (Å²) in [4.78, 5) is 23.5. The molecule has 2 amide bonds. The van der Waals surface area contributed by atoms with Crippen molar-refractivity contribution in [3.8, 4) is 11.8 Å². The highest BCUT2D eigenvalue weighted by atomic mass is 35.5. The van der Waals surface area contributed by atoms with E-state index < -0.39 is 16.0 Å². The molecule has 3 aromatic carbocycles. The molecule has 0 saturated carbocycles. The Kier molecular flexibility index (Phi) is 7.68. The van der Waals surface area contributed by atoms with Gasteiger partial charge in [-0.25, -0.2) is 0 Å². The molecule has 0 aliphatic heterocycles. The molecule has 34 heavy (non-hydrogen) atoms. The molecule has 0 aliphatic carbocycles. The number of rotatable bonds is 7. The van der Waals surface area contributed by atoms with Crippen LogP contribution in [0.25, 0.3) is 6.08 Å². The lowest BCUT2D eigenvalue weighted by molar-refractivity contribution is -0.114. The molecule has 3 aromatic rings. The molecule has 0 aromatic heterocycles. The molecule has 0 aliphatic rings. The monoisotopic (exact) mass is 495 g/mol. The van der Waals surface area contributed by atoms with E-state index in [1.807, 2.05) is 6.07 Å². The van der Waals surface area contributed by atoms with Crippen molar-refractivity contribution in [3.63, 3.8) is 0 Å². The Morgan fingerprint density at radius 2 is 1.53 bits per heavy atom. The molecule has 0 fully saturated rings. The van der Waals surface area contributed by atoms with E-state index >= 15 is 0 Å². The number of carbonyl (C=O) groups is 2. The zero-order valence-electron chi connectivity index (χ0n) is 17.8. The largest absolute Gasteiger partial charge is 0.378 e. The molecule has 2 N–H and O–H groups in total. The van der Waals surface area contributed by atoms with Crippen LogP contribution in [0.3, 0.4) is 0 Å². The molecule has 172 valence electrons. The molecule has 0 saturated heterocycles. The van der Waals surface area contributed by atoms with Crippen LogP contribution in [0.5, 0.6) is 5.75 Å². The van der Waals surface area contributed by atoms with Crippen molar-refractivity contribution in [2.45, 2.75) is 11.8 Å². The number of benzene rings is 3. The molecule has 0 radical (unpaired) electrons. The molecule has 0 bridgehead atoms. The molecule has 0 spiro atoms. The zero-order chi connectivity index (χ0) is 24.7. The van der Waals surface area contributed by atoms with Gasteiger partial charge in [0.1, 0.15) is 22.3 Å². The lowest BCUT2D eigenvalue weighted by Crippen LogP contribution is -2.14. The van der Waals surface area contributed by atoms with E-state index in [1.165, 1.54) is 49.4 Å². The van der Waals surface area contributed by atoms with Crippen LogP contribution in [-0.2, 0) is 19.7 Å². The van der Waals surface area contributed by atoms with Gasteiger partial charge in [-0.05, 0) is 60.7 Å². The average molecular weight is 496 g/mol. The fourth-order valence-corrected chi connectivity index (χ4v) is 3.87. The highest BCUT2D eigenvalue weighted by Gasteiger charge is 2.19. The van der Waals surface area contributed by atoms with Crippen LogP contribution in [0, 0.1) is 11.3 Å². The number of hydrogen-bond acceptors (Lipinski definition) is 6. The van der Waals surface area contributed by atoms with Gasteiger partial charge in [0.2, 0.25) is 5.91 Å². The summed E-state index contributed by atoms with van der Waals surface area (Å²) in [6.45, 7) is 1.34. The summed E-state index contributed by atoms with van der Waals surface area (Å²) in [5, 5.41) is 15.1. The van der Waals surface area contributed by atoms with Crippen LogP contribution in [0.1, 0.15) is 12.5 Å². The van der Waals surface area contributed by atoms with Gasteiger partial charge in [-0.1, -0.05) is 29.8 Å². The van der Waals surface area contributed by atoms with Gasteiger partial charge in [0.05, 0.1) is 0 Å². The van der Waals surface area contributed by atoms with E-state index in [1.54, 1.807) is 36.4 Å². The van der Waals surface area contributed by atoms with Crippen LogP contribution in [0.15, 0.2) is 83.3 Å². The molecular formula is C24H18ClN3O5S. The third kappa shape index (κ3) is 6.45.